The summed E-state index contributed by atoms with van der Waals surface area (Å²) in [7, 11) is 1.65. The first-order chi connectivity index (χ1) is 8.58. The molecule has 1 aliphatic heterocycles. The number of phenolic OH excluding ortho intramolecular Hbond substituents is 1. The quantitative estimate of drug-likeness (QED) is 0.796. The average molecular weight is 251 g/mol. The van der Waals surface area contributed by atoms with Crippen molar-refractivity contribution < 1.29 is 19.0 Å². The number of nitrogens with two attached hydrogens (primary N) is 1. The summed E-state index contributed by atoms with van der Waals surface area (Å²) < 4.78 is 25.3. The molecule has 2 aromatic rings. The van der Waals surface area contributed by atoms with E-state index in [-0.39, 0.29) is 23.9 Å². The van der Waals surface area contributed by atoms with Gasteiger partial charge in [-0.1, -0.05) is 0 Å². The summed E-state index contributed by atoms with van der Waals surface area (Å²) in [6.45, 7) is -0.0699. The highest BCUT2D eigenvalue weighted by Gasteiger charge is 2.26. The summed E-state index contributed by atoms with van der Waals surface area (Å²) in [6.07, 6.45) is 0. The van der Waals surface area contributed by atoms with Gasteiger partial charge in [0, 0.05) is 13.1 Å². The van der Waals surface area contributed by atoms with E-state index in [0.29, 0.717) is 11.5 Å². The third kappa shape index (κ3) is 1.37. The number of hydrogen-bond acceptors (Lipinski definition) is 5. The highest BCUT2D eigenvalue weighted by molar-refractivity contribution is 5.73. The van der Waals surface area contributed by atoms with Crippen LogP contribution in [0.4, 0.5) is 10.2 Å². The zero-order valence-electron chi connectivity index (χ0n) is 9.48. The summed E-state index contributed by atoms with van der Waals surface area (Å²) >= 11 is 0. The van der Waals surface area contributed by atoms with Gasteiger partial charge in [0.25, 0.3) is 0 Å². The van der Waals surface area contributed by atoms with E-state index in [1.807, 2.05) is 0 Å². The third-order valence-corrected chi connectivity index (χ3v) is 2.77. The van der Waals surface area contributed by atoms with Gasteiger partial charge in [-0.05, 0) is 6.07 Å². The van der Waals surface area contributed by atoms with Gasteiger partial charge < -0.3 is 20.3 Å². The van der Waals surface area contributed by atoms with E-state index in [9.17, 15) is 9.50 Å². The standard InChI is InChI=1S/C11H10FN3O3/c1-15-8(13)3-6(14-15)5-2-7-11(18-4-17-7)9(12)10(5)16/h2-3,16H,4,13H2,1H3. The Bertz CT molecular complexity index is 619. The zero-order chi connectivity index (χ0) is 12.9. The number of phenols is 1. The minimum Gasteiger partial charge on any atom is -0.504 e. The SMILES string of the molecule is Cn1nc(-c2cc3c(c(F)c2O)OCO3)cc1N. The number of aromatic hydroxyl groups is 1. The molecule has 0 bridgehead atoms. The van der Waals surface area contributed by atoms with Crippen LogP contribution in [0.1, 0.15) is 0 Å². The summed E-state index contributed by atoms with van der Waals surface area (Å²) in [6, 6.07) is 3.01. The number of benzene rings is 1. The molecule has 0 saturated heterocycles. The van der Waals surface area contributed by atoms with E-state index in [1.165, 1.54) is 16.8 Å². The van der Waals surface area contributed by atoms with Crippen molar-refractivity contribution >= 4 is 5.82 Å². The number of aromatic nitrogens is 2. The van der Waals surface area contributed by atoms with Crippen LogP contribution in [0.5, 0.6) is 17.2 Å². The molecule has 6 nitrogen and oxygen atoms in total. The Morgan fingerprint density at radius 2 is 2.22 bits per heavy atom. The molecule has 1 aliphatic rings. The van der Waals surface area contributed by atoms with Crippen LogP contribution in [-0.4, -0.2) is 21.7 Å². The molecule has 0 amide bonds. The molecule has 0 unspecified atom stereocenters. The molecule has 0 fully saturated rings. The van der Waals surface area contributed by atoms with E-state index in [2.05, 4.69) is 5.10 Å². The first-order valence-corrected chi connectivity index (χ1v) is 5.19. The van der Waals surface area contributed by atoms with Gasteiger partial charge in [0.2, 0.25) is 18.4 Å². The first kappa shape index (κ1) is 10.7. The molecule has 0 aliphatic carbocycles. The van der Waals surface area contributed by atoms with Crippen LogP contribution in [0.2, 0.25) is 0 Å². The number of nitrogen functional groups attached to an aromatic ring is 1. The van der Waals surface area contributed by atoms with E-state index in [0.717, 1.165) is 0 Å². The van der Waals surface area contributed by atoms with Gasteiger partial charge in [-0.15, -0.1) is 0 Å². The van der Waals surface area contributed by atoms with Gasteiger partial charge in [-0.2, -0.15) is 9.49 Å². The van der Waals surface area contributed by atoms with Crippen molar-refractivity contribution in [3.8, 4) is 28.5 Å². The normalized spacial score (nSPS) is 13.0. The Labute approximate surface area is 101 Å². The van der Waals surface area contributed by atoms with E-state index < -0.39 is 11.6 Å². The lowest BCUT2D eigenvalue weighted by atomic mass is 10.1. The molecule has 7 heteroatoms. The molecule has 0 spiro atoms. The monoisotopic (exact) mass is 251 g/mol. The topological polar surface area (TPSA) is 82.5 Å². The minimum atomic E-state index is -0.857. The van der Waals surface area contributed by atoms with Gasteiger partial charge in [0.15, 0.2) is 11.5 Å². The number of anilines is 1. The van der Waals surface area contributed by atoms with Gasteiger partial charge in [-0.3, -0.25) is 4.68 Å². The van der Waals surface area contributed by atoms with Crippen LogP contribution in [-0.2, 0) is 7.05 Å². The first-order valence-electron chi connectivity index (χ1n) is 5.19. The van der Waals surface area contributed by atoms with Crippen LogP contribution in [0.3, 0.4) is 0 Å². The summed E-state index contributed by atoms with van der Waals surface area (Å²) in [5.41, 5.74) is 6.23. The zero-order valence-corrected chi connectivity index (χ0v) is 9.48. The smallest absolute Gasteiger partial charge is 0.231 e. The van der Waals surface area contributed by atoms with Crippen molar-refractivity contribution in [3.63, 3.8) is 0 Å². The Morgan fingerprint density at radius 1 is 1.44 bits per heavy atom. The van der Waals surface area contributed by atoms with Crippen molar-refractivity contribution in [2.45, 2.75) is 0 Å². The Morgan fingerprint density at radius 3 is 2.89 bits per heavy atom. The molecule has 3 N–H and O–H groups in total. The van der Waals surface area contributed by atoms with E-state index >= 15 is 0 Å². The summed E-state index contributed by atoms with van der Waals surface area (Å²) in [4.78, 5) is 0. The number of halogens is 1. The maximum absolute atomic E-state index is 13.8. The molecule has 1 aromatic heterocycles. The average Bonchev–Trinajstić information content (AvgIpc) is 2.92. The Balaban J connectivity index is 2.21. The number of rotatable bonds is 1. The molecule has 3 rings (SSSR count). The molecule has 2 heterocycles. The number of nitrogens with zero attached hydrogens (tertiary/aromatic N) is 2. The highest BCUT2D eigenvalue weighted by atomic mass is 19.1. The highest BCUT2D eigenvalue weighted by Crippen LogP contribution is 2.44. The fourth-order valence-corrected chi connectivity index (χ4v) is 1.80. The van der Waals surface area contributed by atoms with Gasteiger partial charge in [0.05, 0.1) is 11.3 Å². The van der Waals surface area contributed by atoms with Crippen LogP contribution < -0.4 is 15.2 Å². The number of ether oxygens (including phenoxy) is 2. The van der Waals surface area contributed by atoms with Crippen LogP contribution in [0, 0.1) is 5.82 Å². The maximum atomic E-state index is 13.8. The van der Waals surface area contributed by atoms with Crippen molar-refractivity contribution in [1.82, 2.24) is 9.78 Å². The largest absolute Gasteiger partial charge is 0.504 e. The molecule has 1 aromatic carbocycles. The maximum Gasteiger partial charge on any atom is 0.231 e. The molecule has 0 atom stereocenters. The molecular weight excluding hydrogens is 241 g/mol. The second-order valence-corrected chi connectivity index (χ2v) is 3.90. The predicted molar refractivity (Wildman–Crippen MR) is 60.8 cm³/mol. The van der Waals surface area contributed by atoms with Gasteiger partial charge in [-0.25, -0.2) is 0 Å². The van der Waals surface area contributed by atoms with Crippen molar-refractivity contribution in [3.05, 3.63) is 17.9 Å². The molecule has 0 saturated carbocycles. The Hall–Kier alpha value is -2.44. The van der Waals surface area contributed by atoms with Crippen molar-refractivity contribution in [1.29, 1.82) is 0 Å². The predicted octanol–water partition coefficient (Wildman–Crippen LogP) is 1.24. The lowest BCUT2D eigenvalue weighted by molar-refractivity contribution is 0.170. The molecular formula is C11H10FN3O3. The van der Waals surface area contributed by atoms with Crippen LogP contribution in [0.15, 0.2) is 12.1 Å². The number of aryl methyl sites for hydroxylation is 1. The van der Waals surface area contributed by atoms with Crippen molar-refractivity contribution in [2.24, 2.45) is 7.05 Å². The second-order valence-electron chi connectivity index (χ2n) is 3.90. The molecule has 94 valence electrons. The van der Waals surface area contributed by atoms with E-state index in [1.54, 1.807) is 7.05 Å². The van der Waals surface area contributed by atoms with Gasteiger partial charge in [0.1, 0.15) is 5.82 Å². The van der Waals surface area contributed by atoms with Crippen molar-refractivity contribution in [2.75, 3.05) is 12.5 Å². The van der Waals surface area contributed by atoms with Crippen LogP contribution in [0.25, 0.3) is 11.3 Å². The molecule has 0 radical (unpaired) electrons. The lowest BCUT2D eigenvalue weighted by Gasteiger charge is -2.05. The van der Waals surface area contributed by atoms with Gasteiger partial charge >= 0.3 is 0 Å². The third-order valence-electron chi connectivity index (χ3n) is 2.77. The summed E-state index contributed by atoms with van der Waals surface area (Å²) in [5.74, 6) is -0.825. The van der Waals surface area contributed by atoms with E-state index in [4.69, 9.17) is 15.2 Å². The second kappa shape index (κ2) is 3.52. The fourth-order valence-electron chi connectivity index (χ4n) is 1.80. The lowest BCUT2D eigenvalue weighted by Crippen LogP contribution is -1.96. The summed E-state index contributed by atoms with van der Waals surface area (Å²) in [5, 5.41) is 13.9. The number of fused-ring (bicyclic) bond motifs is 1. The molecule has 18 heavy (non-hydrogen) atoms. The fraction of sp³-hybridized carbons (Fsp3) is 0.182. The Kier molecular flexibility index (Phi) is 2.09. The van der Waals surface area contributed by atoms with Crippen LogP contribution >= 0.6 is 0 Å². The minimum absolute atomic E-state index is 0.0699. The number of hydrogen-bond donors (Lipinski definition) is 2.